The molecule has 1 aliphatic rings. The van der Waals surface area contributed by atoms with E-state index in [1.54, 1.807) is 6.08 Å². The Morgan fingerprint density at radius 3 is 2.92 bits per heavy atom. The summed E-state index contributed by atoms with van der Waals surface area (Å²) in [6.45, 7) is 0. The Kier molecular flexibility index (Phi) is 3.57. The summed E-state index contributed by atoms with van der Waals surface area (Å²) in [7, 11) is 0. The quantitative estimate of drug-likeness (QED) is 0.630. The maximum Gasteiger partial charge on any atom is 0.124 e. The molecule has 0 aromatic heterocycles. The van der Waals surface area contributed by atoms with E-state index in [0.29, 0.717) is 16.5 Å². The Hall–Kier alpha value is -0.530. The van der Waals surface area contributed by atoms with Gasteiger partial charge in [0.15, 0.2) is 0 Å². The fourth-order valence-corrected chi connectivity index (χ4v) is 1.55. The van der Waals surface area contributed by atoms with Crippen LogP contribution in [0.4, 0.5) is 0 Å². The third kappa shape index (κ3) is 2.23. The lowest BCUT2D eigenvalue weighted by Crippen LogP contribution is -1.87. The predicted octanol–water partition coefficient (Wildman–Crippen LogP) is 3.15. The van der Waals surface area contributed by atoms with Crippen molar-refractivity contribution in [2.75, 3.05) is 0 Å². The van der Waals surface area contributed by atoms with Crippen molar-refractivity contribution in [3.05, 3.63) is 33.9 Å². The molecule has 1 aliphatic carbocycles. The van der Waals surface area contributed by atoms with Crippen LogP contribution in [-0.2, 0) is 4.79 Å². The number of rotatable bonds is 2. The van der Waals surface area contributed by atoms with Crippen molar-refractivity contribution < 1.29 is 4.79 Å². The van der Waals surface area contributed by atoms with Crippen LogP contribution < -0.4 is 0 Å². The standard InChI is InChI=1S/C9H8Cl2O/c10-8-3-1-2-4-9(11)7(8)5-6-12/h1-3,6H,4-5H2. The van der Waals surface area contributed by atoms with Crippen molar-refractivity contribution in [2.24, 2.45) is 0 Å². The molecule has 0 aromatic rings. The van der Waals surface area contributed by atoms with Gasteiger partial charge >= 0.3 is 0 Å². The Bertz CT molecular complexity index is 274. The summed E-state index contributed by atoms with van der Waals surface area (Å²) in [5.41, 5.74) is 0.735. The second-order valence-corrected chi connectivity index (χ2v) is 3.26. The van der Waals surface area contributed by atoms with Crippen molar-refractivity contribution in [1.29, 1.82) is 0 Å². The third-order valence-electron chi connectivity index (χ3n) is 1.58. The molecule has 0 aliphatic heterocycles. The van der Waals surface area contributed by atoms with Gasteiger partial charge in [0.05, 0.1) is 0 Å². The Morgan fingerprint density at radius 2 is 2.25 bits per heavy atom. The molecular weight excluding hydrogens is 195 g/mol. The minimum atomic E-state index is 0.288. The zero-order chi connectivity index (χ0) is 8.97. The molecule has 0 bridgehead atoms. The van der Waals surface area contributed by atoms with Crippen molar-refractivity contribution >= 4 is 29.5 Å². The van der Waals surface area contributed by atoms with E-state index >= 15 is 0 Å². The number of aldehydes is 1. The smallest absolute Gasteiger partial charge is 0.124 e. The molecule has 0 unspecified atom stereocenters. The average molecular weight is 203 g/mol. The normalized spacial score (nSPS) is 17.3. The summed E-state index contributed by atoms with van der Waals surface area (Å²) in [6, 6.07) is 0. The number of halogens is 2. The Morgan fingerprint density at radius 1 is 1.50 bits per heavy atom. The molecule has 0 aromatic carbocycles. The molecule has 0 saturated heterocycles. The molecule has 0 amide bonds. The number of hydrogen-bond donors (Lipinski definition) is 0. The van der Waals surface area contributed by atoms with E-state index in [0.717, 1.165) is 11.9 Å². The first-order chi connectivity index (χ1) is 5.75. The van der Waals surface area contributed by atoms with Gasteiger partial charge < -0.3 is 4.79 Å². The summed E-state index contributed by atoms with van der Waals surface area (Å²) < 4.78 is 0. The van der Waals surface area contributed by atoms with E-state index < -0.39 is 0 Å². The monoisotopic (exact) mass is 202 g/mol. The molecule has 0 N–H and O–H groups in total. The van der Waals surface area contributed by atoms with Crippen LogP contribution in [0.2, 0.25) is 0 Å². The lowest BCUT2D eigenvalue weighted by atomic mass is 10.1. The maximum atomic E-state index is 10.3. The van der Waals surface area contributed by atoms with E-state index in [2.05, 4.69) is 0 Å². The molecule has 12 heavy (non-hydrogen) atoms. The largest absolute Gasteiger partial charge is 0.303 e. The maximum absolute atomic E-state index is 10.3. The van der Waals surface area contributed by atoms with Crippen molar-refractivity contribution in [1.82, 2.24) is 0 Å². The van der Waals surface area contributed by atoms with Gasteiger partial charge in [-0.05, 0) is 11.6 Å². The second-order valence-electron chi connectivity index (χ2n) is 2.40. The minimum absolute atomic E-state index is 0.288. The molecule has 0 fully saturated rings. The van der Waals surface area contributed by atoms with Gasteiger partial charge in [-0.1, -0.05) is 35.4 Å². The molecule has 64 valence electrons. The van der Waals surface area contributed by atoms with E-state index in [1.807, 2.05) is 12.2 Å². The van der Waals surface area contributed by atoms with Gasteiger partial charge in [-0.2, -0.15) is 0 Å². The molecule has 3 heteroatoms. The third-order valence-corrected chi connectivity index (χ3v) is 2.32. The number of carbonyl (C=O) groups excluding carboxylic acids is 1. The van der Waals surface area contributed by atoms with Gasteiger partial charge in [0, 0.05) is 22.9 Å². The summed E-state index contributed by atoms with van der Waals surface area (Å²) >= 11 is 11.8. The van der Waals surface area contributed by atoms with Crippen LogP contribution in [0.15, 0.2) is 33.9 Å². The minimum Gasteiger partial charge on any atom is -0.303 e. The SMILES string of the molecule is O=CCC1=C(Cl)CC=CC=C1Cl. The number of allylic oxidation sites excluding steroid dienone is 6. The molecule has 1 nitrogen and oxygen atoms in total. The molecular formula is C9H8Cl2O. The van der Waals surface area contributed by atoms with Crippen molar-refractivity contribution in [2.45, 2.75) is 12.8 Å². The van der Waals surface area contributed by atoms with Gasteiger partial charge in [-0.15, -0.1) is 0 Å². The van der Waals surface area contributed by atoms with Crippen LogP contribution in [0.5, 0.6) is 0 Å². The molecule has 0 saturated carbocycles. The van der Waals surface area contributed by atoms with Gasteiger partial charge in [-0.3, -0.25) is 0 Å². The van der Waals surface area contributed by atoms with Gasteiger partial charge in [0.2, 0.25) is 0 Å². The molecule has 0 heterocycles. The molecule has 0 radical (unpaired) electrons. The van der Waals surface area contributed by atoms with E-state index in [-0.39, 0.29) is 6.42 Å². The van der Waals surface area contributed by atoms with Gasteiger partial charge in [-0.25, -0.2) is 0 Å². The zero-order valence-corrected chi connectivity index (χ0v) is 7.90. The predicted molar refractivity (Wildman–Crippen MR) is 51.3 cm³/mol. The highest BCUT2D eigenvalue weighted by atomic mass is 35.5. The summed E-state index contributed by atoms with van der Waals surface area (Å²) in [5, 5.41) is 1.21. The topological polar surface area (TPSA) is 17.1 Å². The fourth-order valence-electron chi connectivity index (χ4n) is 0.969. The lowest BCUT2D eigenvalue weighted by Gasteiger charge is -2.02. The van der Waals surface area contributed by atoms with E-state index in [1.165, 1.54) is 0 Å². The summed E-state index contributed by atoms with van der Waals surface area (Å²) in [5.74, 6) is 0. The van der Waals surface area contributed by atoms with Crippen LogP contribution in [0.1, 0.15) is 12.8 Å². The van der Waals surface area contributed by atoms with Crippen LogP contribution in [0, 0.1) is 0 Å². The van der Waals surface area contributed by atoms with Crippen LogP contribution in [0.25, 0.3) is 0 Å². The first-order valence-corrected chi connectivity index (χ1v) is 4.35. The van der Waals surface area contributed by atoms with Crippen molar-refractivity contribution in [3.63, 3.8) is 0 Å². The second kappa shape index (κ2) is 4.48. The molecule has 0 spiro atoms. The van der Waals surface area contributed by atoms with Gasteiger partial charge in [0.1, 0.15) is 6.29 Å². The molecule has 1 rings (SSSR count). The van der Waals surface area contributed by atoms with Crippen LogP contribution in [0.3, 0.4) is 0 Å². The highest BCUT2D eigenvalue weighted by Gasteiger charge is 2.08. The highest BCUT2D eigenvalue weighted by Crippen LogP contribution is 2.28. The zero-order valence-electron chi connectivity index (χ0n) is 6.39. The van der Waals surface area contributed by atoms with Crippen molar-refractivity contribution in [3.8, 4) is 0 Å². The summed E-state index contributed by atoms with van der Waals surface area (Å²) in [4.78, 5) is 10.3. The van der Waals surface area contributed by atoms with E-state index in [4.69, 9.17) is 23.2 Å². The summed E-state index contributed by atoms with van der Waals surface area (Å²) in [6.07, 6.45) is 7.23. The first kappa shape index (κ1) is 9.56. The number of carbonyl (C=O) groups is 1. The van der Waals surface area contributed by atoms with Crippen LogP contribution in [-0.4, -0.2) is 6.29 Å². The fraction of sp³-hybridized carbons (Fsp3) is 0.222. The van der Waals surface area contributed by atoms with E-state index in [9.17, 15) is 4.79 Å². The molecule has 0 atom stereocenters. The van der Waals surface area contributed by atoms with Crippen LogP contribution >= 0.6 is 23.2 Å². The lowest BCUT2D eigenvalue weighted by molar-refractivity contribution is -0.107. The first-order valence-electron chi connectivity index (χ1n) is 3.59. The average Bonchev–Trinajstić information content (AvgIpc) is 2.19. The Labute approximate surface area is 81.4 Å². The highest BCUT2D eigenvalue weighted by molar-refractivity contribution is 6.36. The number of hydrogen-bond acceptors (Lipinski definition) is 1. The Balaban J connectivity index is 2.96. The van der Waals surface area contributed by atoms with Gasteiger partial charge in [0.25, 0.3) is 0 Å².